The predicted molar refractivity (Wildman–Crippen MR) is 86.0 cm³/mol. The maximum Gasteiger partial charge on any atom is 0.387 e. The molecule has 1 fully saturated rings. The number of nitrogens with one attached hydrogen (secondary N) is 1. The third-order valence-electron chi connectivity index (χ3n) is 4.41. The molecule has 3 atom stereocenters. The molecule has 0 aromatic heterocycles. The fourth-order valence-corrected chi connectivity index (χ4v) is 2.91. The van der Waals surface area contributed by atoms with Crippen LogP contribution in [0.4, 0.5) is 13.6 Å². The molecular formula is C17H24F2N2O3. The molecule has 0 saturated carbocycles. The number of hydrogen-bond acceptors (Lipinski definition) is 3. The van der Waals surface area contributed by atoms with Crippen LogP contribution >= 0.6 is 0 Å². The van der Waals surface area contributed by atoms with Crippen molar-refractivity contribution in [3.05, 3.63) is 29.8 Å². The summed E-state index contributed by atoms with van der Waals surface area (Å²) in [6.45, 7) is 2.00. The van der Waals surface area contributed by atoms with E-state index >= 15 is 0 Å². The maximum absolute atomic E-state index is 12.4. The van der Waals surface area contributed by atoms with Crippen LogP contribution in [0.1, 0.15) is 38.3 Å². The van der Waals surface area contributed by atoms with Crippen LogP contribution in [0, 0.1) is 5.92 Å². The Labute approximate surface area is 140 Å². The van der Waals surface area contributed by atoms with Gasteiger partial charge in [-0.3, -0.25) is 0 Å². The molecule has 0 radical (unpaired) electrons. The molecule has 1 saturated heterocycles. The molecule has 1 aromatic rings. The van der Waals surface area contributed by atoms with Crippen molar-refractivity contribution in [2.45, 2.75) is 45.4 Å². The molecule has 24 heavy (non-hydrogen) atoms. The summed E-state index contributed by atoms with van der Waals surface area (Å²) in [4.78, 5) is 14.1. The molecule has 0 unspecified atom stereocenters. The van der Waals surface area contributed by atoms with Crippen LogP contribution in [-0.2, 0) is 0 Å². The molecule has 2 N–H and O–H groups in total. The average molecular weight is 342 g/mol. The van der Waals surface area contributed by atoms with Gasteiger partial charge in [0.1, 0.15) is 5.75 Å². The first-order chi connectivity index (χ1) is 11.4. The molecular weight excluding hydrogens is 318 g/mol. The predicted octanol–water partition coefficient (Wildman–Crippen LogP) is 3.15. The van der Waals surface area contributed by atoms with Crippen LogP contribution in [0.25, 0.3) is 0 Å². The summed E-state index contributed by atoms with van der Waals surface area (Å²) >= 11 is 0. The first kappa shape index (κ1) is 18.4. The lowest BCUT2D eigenvalue weighted by molar-refractivity contribution is -0.0498. The number of hydrogen-bond donors (Lipinski definition) is 2. The van der Waals surface area contributed by atoms with Crippen LogP contribution in [-0.4, -0.2) is 41.8 Å². The Kier molecular flexibility index (Phi) is 6.36. The number of carbonyl (C=O) groups excluding carboxylic acids is 1. The summed E-state index contributed by atoms with van der Waals surface area (Å²) in [6.07, 6.45) is 1.04. The van der Waals surface area contributed by atoms with Crippen molar-refractivity contribution in [3.8, 4) is 5.75 Å². The monoisotopic (exact) mass is 342 g/mol. The van der Waals surface area contributed by atoms with Crippen molar-refractivity contribution in [2.75, 3.05) is 13.1 Å². The minimum absolute atomic E-state index is 0.0919. The van der Waals surface area contributed by atoms with E-state index in [1.807, 2.05) is 6.92 Å². The number of carbonyl (C=O) groups is 1. The van der Waals surface area contributed by atoms with Crippen molar-refractivity contribution < 1.29 is 23.4 Å². The molecule has 0 spiro atoms. The van der Waals surface area contributed by atoms with E-state index in [2.05, 4.69) is 10.1 Å². The van der Waals surface area contributed by atoms with Gasteiger partial charge in [-0.15, -0.1) is 0 Å². The SMILES string of the molecule is CC[C@H](NC(=O)N1CC[C@H]([C@@H](C)O)C1)c1ccc(OC(F)F)cc1. The summed E-state index contributed by atoms with van der Waals surface area (Å²) in [5, 5.41) is 12.6. The second-order valence-electron chi connectivity index (χ2n) is 6.09. The topological polar surface area (TPSA) is 61.8 Å². The van der Waals surface area contributed by atoms with Crippen molar-refractivity contribution >= 4 is 6.03 Å². The van der Waals surface area contributed by atoms with Gasteiger partial charge in [0.25, 0.3) is 0 Å². The van der Waals surface area contributed by atoms with Crippen LogP contribution in [0.5, 0.6) is 5.75 Å². The lowest BCUT2D eigenvalue weighted by Crippen LogP contribution is -2.40. The third kappa shape index (κ3) is 4.80. The van der Waals surface area contributed by atoms with Gasteiger partial charge in [0.15, 0.2) is 0 Å². The first-order valence-electron chi connectivity index (χ1n) is 8.19. The van der Waals surface area contributed by atoms with Gasteiger partial charge in [-0.1, -0.05) is 19.1 Å². The summed E-state index contributed by atoms with van der Waals surface area (Å²) in [5.41, 5.74) is 0.832. The Morgan fingerprint density at radius 1 is 1.42 bits per heavy atom. The quantitative estimate of drug-likeness (QED) is 0.835. The molecule has 1 aromatic carbocycles. The highest BCUT2D eigenvalue weighted by molar-refractivity contribution is 5.75. The number of likely N-dealkylation sites (tertiary alicyclic amines) is 1. The lowest BCUT2D eigenvalue weighted by atomic mass is 10.0. The number of aliphatic hydroxyl groups excluding tert-OH is 1. The van der Waals surface area contributed by atoms with Crippen molar-refractivity contribution in [3.63, 3.8) is 0 Å². The zero-order valence-electron chi connectivity index (χ0n) is 13.9. The summed E-state index contributed by atoms with van der Waals surface area (Å²) in [6, 6.07) is 5.91. The van der Waals surface area contributed by atoms with Crippen molar-refractivity contribution in [2.24, 2.45) is 5.92 Å². The molecule has 2 amide bonds. The van der Waals surface area contributed by atoms with Gasteiger partial charge in [-0.2, -0.15) is 8.78 Å². The third-order valence-corrected chi connectivity index (χ3v) is 4.41. The summed E-state index contributed by atoms with van der Waals surface area (Å²) in [7, 11) is 0. The standard InChI is InChI=1S/C17H24F2N2O3/c1-3-15(12-4-6-14(7-5-12)24-16(18)19)20-17(23)21-9-8-13(10-21)11(2)22/h4-7,11,13,15-16,22H,3,8-10H2,1-2H3,(H,20,23)/t11-,13+,15+/m1/s1. The van der Waals surface area contributed by atoms with Crippen LogP contribution < -0.4 is 10.1 Å². The van der Waals surface area contributed by atoms with Gasteiger partial charge in [-0.25, -0.2) is 4.79 Å². The molecule has 5 nitrogen and oxygen atoms in total. The number of nitrogens with zero attached hydrogens (tertiary/aromatic N) is 1. The fourth-order valence-electron chi connectivity index (χ4n) is 2.91. The van der Waals surface area contributed by atoms with E-state index in [0.717, 1.165) is 12.0 Å². The average Bonchev–Trinajstić information content (AvgIpc) is 3.03. The number of rotatable bonds is 6. The van der Waals surface area contributed by atoms with Gasteiger partial charge >= 0.3 is 12.6 Å². The van der Waals surface area contributed by atoms with Crippen LogP contribution in [0.15, 0.2) is 24.3 Å². The second kappa shape index (κ2) is 8.28. The summed E-state index contributed by atoms with van der Waals surface area (Å²) in [5.74, 6) is 0.204. The Hall–Kier alpha value is -1.89. The fraction of sp³-hybridized carbons (Fsp3) is 0.588. The molecule has 7 heteroatoms. The number of ether oxygens (including phenoxy) is 1. The normalized spacial score (nSPS) is 20.1. The molecule has 1 aliphatic heterocycles. The van der Waals surface area contributed by atoms with Gasteiger partial charge in [-0.05, 0) is 37.5 Å². The molecule has 0 bridgehead atoms. The van der Waals surface area contributed by atoms with Crippen molar-refractivity contribution in [1.29, 1.82) is 0 Å². The number of halogens is 2. The molecule has 2 rings (SSSR count). The zero-order valence-corrected chi connectivity index (χ0v) is 13.9. The number of amides is 2. The second-order valence-corrected chi connectivity index (χ2v) is 6.09. The highest BCUT2D eigenvalue weighted by atomic mass is 19.3. The van der Waals surface area contributed by atoms with Gasteiger partial charge < -0.3 is 20.1 Å². The molecule has 1 aliphatic rings. The Balaban J connectivity index is 1.95. The molecule has 0 aliphatic carbocycles. The van der Waals surface area contributed by atoms with E-state index in [0.29, 0.717) is 19.5 Å². The maximum atomic E-state index is 12.4. The Morgan fingerprint density at radius 2 is 2.08 bits per heavy atom. The smallest absolute Gasteiger partial charge is 0.387 e. The number of aliphatic hydroxyl groups is 1. The molecule has 1 heterocycles. The Morgan fingerprint density at radius 3 is 2.58 bits per heavy atom. The van der Waals surface area contributed by atoms with E-state index in [4.69, 9.17) is 0 Å². The number of benzene rings is 1. The number of alkyl halides is 2. The van der Waals surface area contributed by atoms with E-state index in [1.165, 1.54) is 12.1 Å². The first-order valence-corrected chi connectivity index (χ1v) is 8.19. The van der Waals surface area contributed by atoms with Gasteiger partial charge in [0, 0.05) is 19.0 Å². The largest absolute Gasteiger partial charge is 0.435 e. The highest BCUT2D eigenvalue weighted by Gasteiger charge is 2.29. The van der Waals surface area contributed by atoms with Gasteiger partial charge in [0.05, 0.1) is 12.1 Å². The number of urea groups is 1. The van der Waals surface area contributed by atoms with E-state index < -0.39 is 12.7 Å². The molecule has 134 valence electrons. The summed E-state index contributed by atoms with van der Waals surface area (Å²) < 4.78 is 28.7. The van der Waals surface area contributed by atoms with Gasteiger partial charge in [0.2, 0.25) is 0 Å². The minimum Gasteiger partial charge on any atom is -0.435 e. The Bertz CT molecular complexity index is 537. The van der Waals surface area contributed by atoms with Crippen LogP contribution in [0.3, 0.4) is 0 Å². The van der Waals surface area contributed by atoms with Crippen LogP contribution in [0.2, 0.25) is 0 Å². The highest BCUT2D eigenvalue weighted by Crippen LogP contribution is 2.23. The lowest BCUT2D eigenvalue weighted by Gasteiger charge is -2.23. The van der Waals surface area contributed by atoms with E-state index in [-0.39, 0.29) is 23.7 Å². The minimum atomic E-state index is -2.85. The van der Waals surface area contributed by atoms with E-state index in [1.54, 1.807) is 24.0 Å². The van der Waals surface area contributed by atoms with Crippen molar-refractivity contribution in [1.82, 2.24) is 10.2 Å². The zero-order chi connectivity index (χ0) is 17.7. The van der Waals surface area contributed by atoms with E-state index in [9.17, 15) is 18.7 Å².